The van der Waals surface area contributed by atoms with Crippen molar-refractivity contribution in [2.24, 2.45) is 5.92 Å². The molecule has 1 aromatic rings. The number of benzene rings is 1. The Morgan fingerprint density at radius 1 is 1.44 bits per heavy atom. The van der Waals surface area contributed by atoms with Crippen molar-refractivity contribution in [3.63, 3.8) is 0 Å². The van der Waals surface area contributed by atoms with Crippen molar-refractivity contribution >= 4 is 23.3 Å². The fourth-order valence-electron chi connectivity index (χ4n) is 1.67. The maximum absolute atomic E-state index is 11.8. The lowest BCUT2D eigenvalue weighted by Crippen LogP contribution is -2.21. The summed E-state index contributed by atoms with van der Waals surface area (Å²) in [5.74, 6) is -1.43. The second-order valence-electron chi connectivity index (χ2n) is 4.29. The van der Waals surface area contributed by atoms with E-state index < -0.39 is 5.97 Å². The number of aromatic carboxylic acids is 1. The van der Waals surface area contributed by atoms with Crippen LogP contribution in [-0.2, 0) is 4.79 Å². The first kappa shape index (κ1) is 14.0. The van der Waals surface area contributed by atoms with Crippen LogP contribution in [0.4, 0.5) is 11.4 Å². The summed E-state index contributed by atoms with van der Waals surface area (Å²) in [5.41, 5.74) is 6.30. The van der Waals surface area contributed by atoms with E-state index in [1.165, 1.54) is 18.2 Å². The fraction of sp³-hybridized carbons (Fsp3) is 0.385. The molecule has 0 aliphatic rings. The van der Waals surface area contributed by atoms with Crippen LogP contribution in [-0.4, -0.2) is 17.0 Å². The van der Waals surface area contributed by atoms with E-state index in [0.717, 1.165) is 12.8 Å². The third-order valence-electron chi connectivity index (χ3n) is 2.70. The van der Waals surface area contributed by atoms with Crippen molar-refractivity contribution in [2.75, 3.05) is 11.1 Å². The van der Waals surface area contributed by atoms with Crippen molar-refractivity contribution in [2.45, 2.75) is 26.7 Å². The molecular weight excluding hydrogens is 232 g/mol. The molecule has 0 heterocycles. The minimum Gasteiger partial charge on any atom is -0.478 e. The Labute approximate surface area is 106 Å². The van der Waals surface area contributed by atoms with Gasteiger partial charge in [0.15, 0.2) is 0 Å². The maximum atomic E-state index is 11.8. The minimum atomic E-state index is -1.09. The highest BCUT2D eigenvalue weighted by Gasteiger charge is 2.16. The Morgan fingerprint density at radius 2 is 2.11 bits per heavy atom. The lowest BCUT2D eigenvalue weighted by molar-refractivity contribution is -0.119. The number of hydrogen-bond donors (Lipinski definition) is 3. The number of rotatable bonds is 5. The number of nitrogens with two attached hydrogens (primary N) is 1. The molecule has 98 valence electrons. The van der Waals surface area contributed by atoms with Crippen LogP contribution in [0.3, 0.4) is 0 Å². The summed E-state index contributed by atoms with van der Waals surface area (Å²) in [4.78, 5) is 22.9. The zero-order chi connectivity index (χ0) is 13.7. The molecular formula is C13H18N2O3. The van der Waals surface area contributed by atoms with Gasteiger partial charge in [0.2, 0.25) is 5.91 Å². The largest absolute Gasteiger partial charge is 0.478 e. The number of carboxylic acids is 1. The third-order valence-corrected chi connectivity index (χ3v) is 2.70. The highest BCUT2D eigenvalue weighted by Crippen LogP contribution is 2.20. The van der Waals surface area contributed by atoms with E-state index in [0.29, 0.717) is 5.69 Å². The SMILES string of the molecule is CCCC(C)C(=O)Nc1cc(N)ccc1C(=O)O. The first-order valence-electron chi connectivity index (χ1n) is 5.89. The molecule has 4 N–H and O–H groups in total. The van der Waals surface area contributed by atoms with E-state index in [-0.39, 0.29) is 23.1 Å². The Bertz CT molecular complexity index is 458. The zero-order valence-electron chi connectivity index (χ0n) is 10.6. The van der Waals surface area contributed by atoms with E-state index in [4.69, 9.17) is 10.8 Å². The van der Waals surface area contributed by atoms with Crippen LogP contribution < -0.4 is 11.1 Å². The molecule has 1 rings (SSSR count). The van der Waals surface area contributed by atoms with E-state index in [1.54, 1.807) is 0 Å². The van der Waals surface area contributed by atoms with E-state index in [9.17, 15) is 9.59 Å². The number of carbonyl (C=O) groups is 2. The summed E-state index contributed by atoms with van der Waals surface area (Å²) < 4.78 is 0. The second-order valence-corrected chi connectivity index (χ2v) is 4.29. The van der Waals surface area contributed by atoms with Crippen molar-refractivity contribution in [3.05, 3.63) is 23.8 Å². The molecule has 0 fully saturated rings. The predicted octanol–water partition coefficient (Wildman–Crippen LogP) is 2.34. The molecule has 0 aliphatic carbocycles. The molecule has 1 unspecified atom stereocenters. The van der Waals surface area contributed by atoms with Gasteiger partial charge in [0.25, 0.3) is 0 Å². The number of anilines is 2. The number of carbonyl (C=O) groups excluding carboxylic acids is 1. The topological polar surface area (TPSA) is 92.4 Å². The van der Waals surface area contributed by atoms with Gasteiger partial charge in [-0.2, -0.15) is 0 Å². The summed E-state index contributed by atoms with van der Waals surface area (Å²) >= 11 is 0. The number of carboxylic acid groups (broad SMARTS) is 1. The highest BCUT2D eigenvalue weighted by molar-refractivity contribution is 6.01. The molecule has 5 nitrogen and oxygen atoms in total. The number of amides is 1. The van der Waals surface area contributed by atoms with Gasteiger partial charge in [0.1, 0.15) is 0 Å². The predicted molar refractivity (Wildman–Crippen MR) is 70.5 cm³/mol. The molecule has 0 aromatic heterocycles. The summed E-state index contributed by atoms with van der Waals surface area (Å²) in [5, 5.41) is 11.6. The summed E-state index contributed by atoms with van der Waals surface area (Å²) in [6, 6.07) is 4.34. The van der Waals surface area contributed by atoms with E-state index in [1.807, 2.05) is 13.8 Å². The number of nitrogens with one attached hydrogen (secondary N) is 1. The lowest BCUT2D eigenvalue weighted by atomic mass is 10.0. The normalized spacial score (nSPS) is 11.9. The third kappa shape index (κ3) is 3.48. The Balaban J connectivity index is 2.92. The zero-order valence-corrected chi connectivity index (χ0v) is 10.6. The minimum absolute atomic E-state index is 0.0428. The molecule has 0 radical (unpaired) electrons. The standard InChI is InChI=1S/C13H18N2O3/c1-3-4-8(2)12(16)15-11-7-9(14)5-6-10(11)13(17)18/h5-8H,3-4,14H2,1-2H3,(H,15,16)(H,17,18). The Hall–Kier alpha value is -2.04. The Morgan fingerprint density at radius 3 is 2.67 bits per heavy atom. The van der Waals surface area contributed by atoms with Gasteiger partial charge >= 0.3 is 5.97 Å². The van der Waals surface area contributed by atoms with Crippen molar-refractivity contribution < 1.29 is 14.7 Å². The summed E-state index contributed by atoms with van der Waals surface area (Å²) in [6.07, 6.45) is 1.66. The molecule has 0 saturated heterocycles. The van der Waals surface area contributed by atoms with Gasteiger partial charge in [-0.05, 0) is 24.6 Å². The average Bonchev–Trinajstić information content (AvgIpc) is 2.28. The summed E-state index contributed by atoms with van der Waals surface area (Å²) in [7, 11) is 0. The van der Waals surface area contributed by atoms with Gasteiger partial charge in [-0.15, -0.1) is 0 Å². The van der Waals surface area contributed by atoms with Crippen LogP contribution >= 0.6 is 0 Å². The summed E-state index contributed by atoms with van der Waals surface area (Å²) in [6.45, 7) is 3.80. The monoisotopic (exact) mass is 250 g/mol. The highest BCUT2D eigenvalue weighted by atomic mass is 16.4. The number of nitrogen functional groups attached to an aromatic ring is 1. The molecule has 5 heteroatoms. The van der Waals surface area contributed by atoms with Gasteiger partial charge in [-0.3, -0.25) is 4.79 Å². The van der Waals surface area contributed by atoms with Gasteiger partial charge in [-0.1, -0.05) is 20.3 Å². The van der Waals surface area contributed by atoms with Crippen molar-refractivity contribution in [1.82, 2.24) is 0 Å². The fourth-order valence-corrected chi connectivity index (χ4v) is 1.67. The molecule has 1 atom stereocenters. The van der Waals surface area contributed by atoms with Crippen molar-refractivity contribution in [1.29, 1.82) is 0 Å². The van der Waals surface area contributed by atoms with Gasteiger partial charge < -0.3 is 16.2 Å². The van der Waals surface area contributed by atoms with Crippen LogP contribution in [0.1, 0.15) is 37.0 Å². The van der Waals surface area contributed by atoms with Gasteiger partial charge in [0, 0.05) is 11.6 Å². The second kappa shape index (κ2) is 6.05. The first-order chi connectivity index (χ1) is 8.45. The molecule has 0 aliphatic heterocycles. The first-order valence-corrected chi connectivity index (χ1v) is 5.89. The van der Waals surface area contributed by atoms with Crippen LogP contribution in [0.5, 0.6) is 0 Å². The van der Waals surface area contributed by atoms with Gasteiger partial charge in [-0.25, -0.2) is 4.79 Å². The van der Waals surface area contributed by atoms with Crippen LogP contribution in [0, 0.1) is 5.92 Å². The molecule has 1 aromatic carbocycles. The van der Waals surface area contributed by atoms with Crippen LogP contribution in [0.2, 0.25) is 0 Å². The molecule has 0 spiro atoms. The quantitative estimate of drug-likeness (QED) is 0.699. The maximum Gasteiger partial charge on any atom is 0.337 e. The average molecular weight is 250 g/mol. The van der Waals surface area contributed by atoms with Crippen molar-refractivity contribution in [3.8, 4) is 0 Å². The van der Waals surface area contributed by atoms with E-state index >= 15 is 0 Å². The molecule has 18 heavy (non-hydrogen) atoms. The molecule has 1 amide bonds. The van der Waals surface area contributed by atoms with E-state index in [2.05, 4.69) is 5.32 Å². The van der Waals surface area contributed by atoms with Gasteiger partial charge in [0.05, 0.1) is 11.3 Å². The molecule has 0 bridgehead atoms. The van der Waals surface area contributed by atoms with Crippen LogP contribution in [0.15, 0.2) is 18.2 Å². The number of hydrogen-bond acceptors (Lipinski definition) is 3. The Kier molecular flexibility index (Phi) is 4.71. The molecule has 0 saturated carbocycles. The smallest absolute Gasteiger partial charge is 0.337 e. The van der Waals surface area contributed by atoms with Crippen LogP contribution in [0.25, 0.3) is 0 Å². The lowest BCUT2D eigenvalue weighted by Gasteiger charge is -2.13.